The van der Waals surface area contributed by atoms with Crippen LogP contribution in [-0.4, -0.2) is 22.1 Å². The molecule has 1 aliphatic rings. The molecule has 1 aliphatic heterocycles. The second kappa shape index (κ2) is 1.65. The number of rotatable bonds is 0. The summed E-state index contributed by atoms with van der Waals surface area (Å²) in [5.41, 5.74) is 0. The zero-order chi connectivity index (χ0) is 7.02. The van der Waals surface area contributed by atoms with Crippen molar-refractivity contribution in [1.29, 1.82) is 0 Å². The number of aliphatic hydroxyl groups excluding tert-OH is 2. The van der Waals surface area contributed by atoms with Gasteiger partial charge in [-0.2, -0.15) is 0 Å². The third kappa shape index (κ3) is 0.718. The van der Waals surface area contributed by atoms with Crippen LogP contribution in [0, 0.1) is 0 Å². The van der Waals surface area contributed by atoms with Gasteiger partial charge in [0.2, 0.25) is 11.5 Å². The molecule has 0 radical (unpaired) electrons. The van der Waals surface area contributed by atoms with E-state index in [0.717, 1.165) is 0 Å². The Kier molecular flexibility index (Phi) is 1.09. The fourth-order valence-corrected chi connectivity index (χ4v) is 0.575. The number of aliphatic hydroxyl groups is 2. The van der Waals surface area contributed by atoms with Crippen LogP contribution < -0.4 is 0 Å². The van der Waals surface area contributed by atoms with Crippen LogP contribution in [0.25, 0.3) is 0 Å². The van der Waals surface area contributed by atoms with E-state index in [1.807, 2.05) is 0 Å². The fourth-order valence-electron chi connectivity index (χ4n) is 0.575. The Hall–Kier alpha value is -1.19. The Bertz CT molecular complexity index is 181. The van der Waals surface area contributed by atoms with Crippen molar-refractivity contribution in [2.75, 3.05) is 0 Å². The lowest BCUT2D eigenvalue weighted by Gasteiger charge is -1.97. The molecule has 1 heterocycles. The van der Waals surface area contributed by atoms with Crippen LogP contribution in [0.2, 0.25) is 0 Å². The topological polar surface area (TPSA) is 66.8 Å². The molecule has 0 saturated heterocycles. The predicted molar refractivity (Wildman–Crippen MR) is 27.8 cm³/mol. The fraction of sp³-hybridized carbons (Fsp3) is 0.400. The smallest absolute Gasteiger partial charge is 0.325 e. The summed E-state index contributed by atoms with van der Waals surface area (Å²) in [6, 6.07) is 0. The maximum atomic E-state index is 10.5. The van der Waals surface area contributed by atoms with Crippen LogP contribution >= 0.6 is 0 Å². The highest BCUT2D eigenvalue weighted by Gasteiger charge is 2.31. The van der Waals surface area contributed by atoms with Crippen molar-refractivity contribution in [3.05, 3.63) is 11.7 Å². The second-order valence-electron chi connectivity index (χ2n) is 1.78. The number of carbonyl (C=O) groups is 1. The van der Waals surface area contributed by atoms with Crippen molar-refractivity contribution in [2.45, 2.75) is 13.0 Å². The Morgan fingerprint density at radius 2 is 2.11 bits per heavy atom. The lowest BCUT2D eigenvalue weighted by Crippen LogP contribution is -2.12. The molecule has 1 atom stereocenters. The molecule has 0 spiro atoms. The number of ether oxygens (including phenoxy) is 1. The second-order valence-corrected chi connectivity index (χ2v) is 1.78. The summed E-state index contributed by atoms with van der Waals surface area (Å²) >= 11 is 0. The average molecular weight is 130 g/mol. The van der Waals surface area contributed by atoms with Crippen molar-refractivity contribution in [3.63, 3.8) is 0 Å². The lowest BCUT2D eigenvalue weighted by molar-refractivity contribution is -0.122. The van der Waals surface area contributed by atoms with E-state index in [0.29, 0.717) is 0 Å². The molecule has 0 aromatic carbocycles. The molecule has 9 heavy (non-hydrogen) atoms. The van der Waals surface area contributed by atoms with Crippen molar-refractivity contribution in [3.8, 4) is 0 Å². The summed E-state index contributed by atoms with van der Waals surface area (Å²) < 4.78 is 4.42. The highest BCUT2D eigenvalue weighted by molar-refractivity contribution is 5.98. The number of ketones is 1. The Morgan fingerprint density at radius 1 is 1.56 bits per heavy atom. The minimum absolute atomic E-state index is 0.576. The molecule has 2 N–H and O–H groups in total. The molecule has 1 unspecified atom stereocenters. The number of Topliss-reactive ketones (excluding diaryl/α,β-unsaturated/α-hetero) is 1. The largest absolute Gasteiger partial charge is 0.499 e. The first-order valence-corrected chi connectivity index (χ1v) is 2.46. The van der Waals surface area contributed by atoms with Gasteiger partial charge in [0.25, 0.3) is 0 Å². The molecule has 4 nitrogen and oxygen atoms in total. The van der Waals surface area contributed by atoms with Gasteiger partial charge in [0.05, 0.1) is 0 Å². The highest BCUT2D eigenvalue weighted by atomic mass is 16.6. The van der Waals surface area contributed by atoms with Crippen molar-refractivity contribution < 1.29 is 19.7 Å². The van der Waals surface area contributed by atoms with E-state index in [9.17, 15) is 4.79 Å². The Labute approximate surface area is 51.4 Å². The lowest BCUT2D eigenvalue weighted by atomic mass is 10.2. The summed E-state index contributed by atoms with van der Waals surface area (Å²) in [7, 11) is 0. The summed E-state index contributed by atoms with van der Waals surface area (Å²) in [5.74, 6) is -1.93. The van der Waals surface area contributed by atoms with Gasteiger partial charge < -0.3 is 14.9 Å². The molecule has 0 aromatic rings. The molecule has 0 fully saturated rings. The van der Waals surface area contributed by atoms with E-state index in [1.165, 1.54) is 6.92 Å². The van der Waals surface area contributed by atoms with Gasteiger partial charge in [-0.1, -0.05) is 0 Å². The quantitative estimate of drug-likeness (QED) is 0.493. The third-order valence-electron chi connectivity index (χ3n) is 1.09. The van der Waals surface area contributed by atoms with E-state index in [2.05, 4.69) is 4.74 Å². The van der Waals surface area contributed by atoms with E-state index in [-0.39, 0.29) is 0 Å². The van der Waals surface area contributed by atoms with Crippen LogP contribution in [0.5, 0.6) is 0 Å². The summed E-state index contributed by atoms with van der Waals surface area (Å²) in [5, 5.41) is 17.1. The van der Waals surface area contributed by atoms with Crippen LogP contribution in [0.1, 0.15) is 6.92 Å². The van der Waals surface area contributed by atoms with Crippen LogP contribution in [0.3, 0.4) is 0 Å². The van der Waals surface area contributed by atoms with Gasteiger partial charge in [0.1, 0.15) is 0 Å². The van der Waals surface area contributed by atoms with Crippen LogP contribution in [0.4, 0.5) is 0 Å². The van der Waals surface area contributed by atoms with Gasteiger partial charge in [-0.3, -0.25) is 4.79 Å². The van der Waals surface area contributed by atoms with E-state index >= 15 is 0 Å². The minimum Gasteiger partial charge on any atom is -0.499 e. The average Bonchev–Trinajstić information content (AvgIpc) is 1.98. The maximum absolute atomic E-state index is 10.5. The zero-order valence-corrected chi connectivity index (χ0v) is 4.79. The summed E-state index contributed by atoms with van der Waals surface area (Å²) in [4.78, 5) is 10.5. The standard InChI is InChI=1S/C5H6O4/c1-2-3(6)4(7)5(8)9-2/h2,7-8H,1H3. The van der Waals surface area contributed by atoms with E-state index in [1.54, 1.807) is 0 Å². The van der Waals surface area contributed by atoms with Gasteiger partial charge in [-0.05, 0) is 6.92 Å². The van der Waals surface area contributed by atoms with Gasteiger partial charge >= 0.3 is 5.95 Å². The molecular formula is C5H6O4. The molecular weight excluding hydrogens is 124 g/mol. The summed E-state index contributed by atoms with van der Waals surface area (Å²) in [6.07, 6.45) is -0.745. The third-order valence-corrected chi connectivity index (χ3v) is 1.09. The zero-order valence-electron chi connectivity index (χ0n) is 4.79. The van der Waals surface area contributed by atoms with Crippen molar-refractivity contribution >= 4 is 5.78 Å². The summed E-state index contributed by atoms with van der Waals surface area (Å²) in [6.45, 7) is 1.45. The molecule has 0 saturated carbocycles. The first kappa shape index (κ1) is 5.94. The van der Waals surface area contributed by atoms with Gasteiger partial charge in [-0.25, -0.2) is 0 Å². The van der Waals surface area contributed by atoms with Crippen molar-refractivity contribution in [1.82, 2.24) is 0 Å². The Balaban J connectivity index is 2.87. The molecule has 0 aromatic heterocycles. The first-order chi connectivity index (χ1) is 4.13. The van der Waals surface area contributed by atoms with Crippen LogP contribution in [0.15, 0.2) is 11.7 Å². The van der Waals surface area contributed by atoms with Crippen molar-refractivity contribution in [2.24, 2.45) is 0 Å². The molecule has 4 heteroatoms. The molecule has 0 aliphatic carbocycles. The molecule has 1 rings (SSSR count). The van der Waals surface area contributed by atoms with Gasteiger partial charge in [0.15, 0.2) is 6.10 Å². The van der Waals surface area contributed by atoms with Crippen LogP contribution in [-0.2, 0) is 9.53 Å². The molecule has 0 amide bonds. The highest BCUT2D eigenvalue weighted by Crippen LogP contribution is 2.15. The Morgan fingerprint density at radius 3 is 2.22 bits per heavy atom. The predicted octanol–water partition coefficient (Wildman–Crippen LogP) is 0.259. The SMILES string of the molecule is CC1OC(O)=C(O)C1=O. The van der Waals surface area contributed by atoms with E-state index in [4.69, 9.17) is 10.2 Å². The maximum Gasteiger partial charge on any atom is 0.325 e. The normalized spacial score (nSPS) is 26.8. The van der Waals surface area contributed by atoms with Gasteiger partial charge in [-0.15, -0.1) is 0 Å². The number of hydrogen-bond acceptors (Lipinski definition) is 4. The monoisotopic (exact) mass is 130 g/mol. The number of hydrogen-bond donors (Lipinski definition) is 2. The van der Waals surface area contributed by atoms with Gasteiger partial charge in [0, 0.05) is 0 Å². The minimum atomic E-state index is -0.745. The molecule has 50 valence electrons. The van der Waals surface area contributed by atoms with E-state index < -0.39 is 23.6 Å². The molecule has 0 bridgehead atoms. The number of carbonyl (C=O) groups excluding carboxylic acids is 1. The first-order valence-electron chi connectivity index (χ1n) is 2.46.